The third-order valence-corrected chi connectivity index (χ3v) is 6.26. The van der Waals surface area contributed by atoms with Crippen LogP contribution in [0.4, 0.5) is 0 Å². The summed E-state index contributed by atoms with van der Waals surface area (Å²) in [5, 5.41) is 13.9. The molecule has 0 atom stereocenters. The molecule has 1 saturated heterocycles. The summed E-state index contributed by atoms with van der Waals surface area (Å²) < 4.78 is 8.16. The highest BCUT2D eigenvalue weighted by Crippen LogP contribution is 2.37. The van der Waals surface area contributed by atoms with Gasteiger partial charge in [-0.2, -0.15) is 15.0 Å². The third kappa shape index (κ3) is 3.91. The van der Waals surface area contributed by atoms with Crippen LogP contribution in [0.25, 0.3) is 5.69 Å². The van der Waals surface area contributed by atoms with Crippen molar-refractivity contribution in [2.24, 2.45) is 0 Å². The van der Waals surface area contributed by atoms with Gasteiger partial charge in [-0.15, -0.1) is 6.42 Å². The smallest absolute Gasteiger partial charge is 0.351 e. The largest absolute Gasteiger partial charge is 0.381 e. The van der Waals surface area contributed by atoms with E-state index in [1.165, 1.54) is 15.6 Å². The number of nitriles is 1. The Labute approximate surface area is 179 Å². The molecular weight excluding hydrogens is 396 g/mol. The summed E-state index contributed by atoms with van der Waals surface area (Å²) in [6.07, 6.45) is 8.15. The second-order valence-electron chi connectivity index (χ2n) is 7.09. The summed E-state index contributed by atoms with van der Waals surface area (Å²) in [5.41, 5.74) is 0.983. The summed E-state index contributed by atoms with van der Waals surface area (Å²) in [6, 6.07) is 18.3. The molecule has 1 aliphatic heterocycles. The SMILES string of the molecule is C#CCn1cnn(-c2ccc(Sc3cccc(C4(C#N)CCOCC4)c3)cc2)c1=O. The normalized spacial score (nSPS) is 15.3. The lowest BCUT2D eigenvalue weighted by Crippen LogP contribution is -2.32. The van der Waals surface area contributed by atoms with E-state index < -0.39 is 5.41 Å². The van der Waals surface area contributed by atoms with E-state index in [-0.39, 0.29) is 12.2 Å². The molecule has 0 N–H and O–H groups in total. The Morgan fingerprint density at radius 2 is 1.93 bits per heavy atom. The van der Waals surface area contributed by atoms with E-state index >= 15 is 0 Å². The first kappa shape index (κ1) is 20.0. The fourth-order valence-electron chi connectivity index (χ4n) is 3.55. The molecule has 1 aliphatic rings. The number of aromatic nitrogens is 3. The maximum atomic E-state index is 12.3. The van der Waals surface area contributed by atoms with Crippen LogP contribution in [0.2, 0.25) is 0 Å². The average molecular weight is 417 g/mol. The predicted octanol–water partition coefficient (Wildman–Crippen LogP) is 3.39. The van der Waals surface area contributed by atoms with Gasteiger partial charge in [0, 0.05) is 23.0 Å². The van der Waals surface area contributed by atoms with E-state index in [2.05, 4.69) is 23.2 Å². The quantitative estimate of drug-likeness (QED) is 0.596. The maximum absolute atomic E-state index is 12.3. The molecule has 3 aromatic rings. The van der Waals surface area contributed by atoms with Gasteiger partial charge in [0.15, 0.2) is 0 Å². The highest BCUT2D eigenvalue weighted by atomic mass is 32.2. The van der Waals surface area contributed by atoms with Gasteiger partial charge in [-0.1, -0.05) is 29.8 Å². The van der Waals surface area contributed by atoms with Crippen molar-refractivity contribution in [2.45, 2.75) is 34.6 Å². The topological polar surface area (TPSA) is 72.8 Å². The van der Waals surface area contributed by atoms with Gasteiger partial charge >= 0.3 is 5.69 Å². The average Bonchev–Trinajstić information content (AvgIpc) is 3.15. The third-order valence-electron chi connectivity index (χ3n) is 5.26. The first-order valence-corrected chi connectivity index (χ1v) is 10.4. The zero-order valence-electron chi connectivity index (χ0n) is 16.3. The highest BCUT2D eigenvalue weighted by Gasteiger charge is 2.34. The first-order valence-electron chi connectivity index (χ1n) is 9.61. The molecular formula is C23H20N4O2S. The van der Waals surface area contributed by atoms with Crippen molar-refractivity contribution < 1.29 is 4.74 Å². The zero-order valence-corrected chi connectivity index (χ0v) is 17.1. The van der Waals surface area contributed by atoms with E-state index in [0.29, 0.717) is 31.7 Å². The van der Waals surface area contributed by atoms with Gasteiger partial charge in [-0.05, 0) is 54.8 Å². The molecule has 30 heavy (non-hydrogen) atoms. The van der Waals surface area contributed by atoms with E-state index in [4.69, 9.17) is 11.2 Å². The standard InChI is InChI=1S/C23H20N4O2S/c1-2-12-26-17-25-27(22(26)28)19-6-8-20(9-7-19)30-21-5-3-4-18(15-21)23(16-24)10-13-29-14-11-23/h1,3-9,15,17H,10-14H2. The second kappa shape index (κ2) is 8.62. The molecule has 7 heteroatoms. The number of hydrogen-bond donors (Lipinski definition) is 0. The minimum absolute atomic E-state index is 0.194. The van der Waals surface area contributed by atoms with Gasteiger partial charge in [0.05, 0.1) is 23.7 Å². The van der Waals surface area contributed by atoms with Gasteiger partial charge in [0.1, 0.15) is 6.33 Å². The van der Waals surface area contributed by atoms with E-state index in [0.717, 1.165) is 15.4 Å². The fourth-order valence-corrected chi connectivity index (χ4v) is 4.43. The lowest BCUT2D eigenvalue weighted by atomic mass is 9.75. The number of terminal acetylenes is 1. The lowest BCUT2D eigenvalue weighted by molar-refractivity contribution is 0.0675. The molecule has 0 unspecified atom stereocenters. The molecule has 0 amide bonds. The van der Waals surface area contributed by atoms with Crippen LogP contribution in [0.1, 0.15) is 18.4 Å². The Hall–Kier alpha value is -3.26. The summed E-state index contributed by atoms with van der Waals surface area (Å²) in [7, 11) is 0. The maximum Gasteiger partial charge on any atom is 0.351 e. The Balaban J connectivity index is 1.54. The monoisotopic (exact) mass is 416 g/mol. The molecule has 1 aromatic heterocycles. The van der Waals surface area contributed by atoms with Gasteiger partial charge < -0.3 is 4.74 Å². The number of nitrogens with zero attached hydrogens (tertiary/aromatic N) is 4. The highest BCUT2D eigenvalue weighted by molar-refractivity contribution is 7.99. The van der Waals surface area contributed by atoms with Crippen molar-refractivity contribution in [1.82, 2.24) is 14.3 Å². The van der Waals surface area contributed by atoms with Crippen molar-refractivity contribution in [3.8, 4) is 24.1 Å². The Bertz CT molecular complexity index is 1180. The molecule has 1 fully saturated rings. The molecule has 0 bridgehead atoms. The molecule has 0 radical (unpaired) electrons. The Morgan fingerprint density at radius 3 is 2.63 bits per heavy atom. The Kier molecular flexibility index (Phi) is 5.76. The zero-order chi connectivity index (χ0) is 21.0. The fraction of sp³-hybridized carbons (Fsp3) is 0.261. The van der Waals surface area contributed by atoms with E-state index in [1.807, 2.05) is 42.5 Å². The molecule has 2 aromatic carbocycles. The summed E-state index contributed by atoms with van der Waals surface area (Å²) in [4.78, 5) is 14.4. The van der Waals surface area contributed by atoms with Crippen LogP contribution in [0.3, 0.4) is 0 Å². The summed E-state index contributed by atoms with van der Waals surface area (Å²) in [5.74, 6) is 2.44. The van der Waals surface area contributed by atoms with Crippen LogP contribution in [0.15, 0.2) is 69.4 Å². The van der Waals surface area contributed by atoms with Crippen LogP contribution in [-0.4, -0.2) is 27.6 Å². The summed E-state index contributed by atoms with van der Waals surface area (Å²) >= 11 is 1.62. The number of hydrogen-bond acceptors (Lipinski definition) is 5. The second-order valence-corrected chi connectivity index (χ2v) is 8.23. The number of ether oxygens (including phenoxy) is 1. The molecule has 0 saturated carbocycles. The van der Waals surface area contributed by atoms with Crippen molar-refractivity contribution in [1.29, 1.82) is 5.26 Å². The molecule has 0 aliphatic carbocycles. The van der Waals surface area contributed by atoms with Gasteiger partial charge in [0.2, 0.25) is 0 Å². The van der Waals surface area contributed by atoms with Gasteiger partial charge in [-0.3, -0.25) is 4.57 Å². The summed E-state index contributed by atoms with van der Waals surface area (Å²) in [6.45, 7) is 1.42. The molecule has 2 heterocycles. The molecule has 0 spiro atoms. The molecule has 150 valence electrons. The van der Waals surface area contributed by atoms with Crippen molar-refractivity contribution in [3.05, 3.63) is 70.9 Å². The minimum Gasteiger partial charge on any atom is -0.381 e. The van der Waals surface area contributed by atoms with Crippen LogP contribution in [0, 0.1) is 23.7 Å². The van der Waals surface area contributed by atoms with E-state index in [1.54, 1.807) is 11.8 Å². The van der Waals surface area contributed by atoms with Crippen LogP contribution in [0.5, 0.6) is 0 Å². The van der Waals surface area contributed by atoms with Gasteiger partial charge in [0.25, 0.3) is 0 Å². The predicted molar refractivity (Wildman–Crippen MR) is 115 cm³/mol. The minimum atomic E-state index is -0.475. The number of rotatable bonds is 5. The number of benzene rings is 2. The Morgan fingerprint density at radius 1 is 1.17 bits per heavy atom. The van der Waals surface area contributed by atoms with E-state index in [9.17, 15) is 10.1 Å². The van der Waals surface area contributed by atoms with Gasteiger partial charge in [-0.25, -0.2) is 4.79 Å². The molecule has 4 rings (SSSR count). The lowest BCUT2D eigenvalue weighted by Gasteiger charge is -2.31. The molecule has 6 nitrogen and oxygen atoms in total. The van der Waals surface area contributed by atoms with Crippen LogP contribution >= 0.6 is 11.8 Å². The van der Waals surface area contributed by atoms with Crippen molar-refractivity contribution in [3.63, 3.8) is 0 Å². The van der Waals surface area contributed by atoms with Crippen molar-refractivity contribution in [2.75, 3.05) is 13.2 Å². The van der Waals surface area contributed by atoms with Crippen molar-refractivity contribution >= 4 is 11.8 Å². The van der Waals surface area contributed by atoms with Crippen LogP contribution in [-0.2, 0) is 16.7 Å². The van der Waals surface area contributed by atoms with Crippen LogP contribution < -0.4 is 5.69 Å². The first-order chi connectivity index (χ1) is 14.6.